The van der Waals surface area contributed by atoms with Gasteiger partial charge in [0.2, 0.25) is 0 Å². The molecular formula is C22H18ClFN2. The largest absolute Gasteiger partial charge is 0.251 e. The van der Waals surface area contributed by atoms with Crippen molar-refractivity contribution in [2.45, 2.75) is 38.0 Å². The van der Waals surface area contributed by atoms with Gasteiger partial charge in [0.05, 0.1) is 21.8 Å². The Morgan fingerprint density at radius 1 is 1.08 bits per heavy atom. The van der Waals surface area contributed by atoms with Crippen LogP contribution >= 0.6 is 11.6 Å². The Morgan fingerprint density at radius 3 is 2.50 bits per heavy atom. The summed E-state index contributed by atoms with van der Waals surface area (Å²) >= 11 is 6.05. The Bertz CT molecular complexity index is 1000. The molecule has 3 aromatic rings. The number of hydrogen-bond donors (Lipinski definition) is 0. The fourth-order valence-electron chi connectivity index (χ4n) is 3.97. The van der Waals surface area contributed by atoms with Gasteiger partial charge in [-0.2, -0.15) is 5.26 Å². The van der Waals surface area contributed by atoms with E-state index in [0.717, 1.165) is 47.9 Å². The molecule has 0 bridgehead atoms. The molecule has 2 aromatic carbocycles. The van der Waals surface area contributed by atoms with Crippen LogP contribution in [0.2, 0.25) is 5.02 Å². The van der Waals surface area contributed by atoms with Crippen LogP contribution in [0.5, 0.6) is 0 Å². The maximum Gasteiger partial charge on any atom is 0.143 e. The van der Waals surface area contributed by atoms with Crippen LogP contribution in [0.15, 0.2) is 42.5 Å². The molecule has 1 fully saturated rings. The lowest BCUT2D eigenvalue weighted by molar-refractivity contribution is 0.437. The molecule has 26 heavy (non-hydrogen) atoms. The summed E-state index contributed by atoms with van der Waals surface area (Å²) in [6.45, 7) is 0. The first-order valence-corrected chi connectivity index (χ1v) is 9.35. The molecule has 0 amide bonds. The van der Waals surface area contributed by atoms with Gasteiger partial charge < -0.3 is 0 Å². The highest BCUT2D eigenvalue weighted by molar-refractivity contribution is 6.31. The van der Waals surface area contributed by atoms with E-state index in [2.05, 4.69) is 6.07 Å². The molecule has 0 unspecified atom stereocenters. The molecule has 0 atom stereocenters. The minimum atomic E-state index is -0.481. The minimum absolute atomic E-state index is 0.0470. The summed E-state index contributed by atoms with van der Waals surface area (Å²) in [7, 11) is 0. The lowest BCUT2D eigenvalue weighted by atomic mass is 9.82. The fraction of sp³-hybridized carbons (Fsp3) is 0.273. The van der Waals surface area contributed by atoms with Crippen molar-refractivity contribution in [2.75, 3.05) is 0 Å². The first-order valence-electron chi connectivity index (χ1n) is 8.97. The van der Waals surface area contributed by atoms with Crippen LogP contribution in [-0.2, 0) is 0 Å². The smallest absolute Gasteiger partial charge is 0.143 e. The van der Waals surface area contributed by atoms with Gasteiger partial charge in [0, 0.05) is 22.9 Å². The molecule has 1 heterocycles. The Hall–Kier alpha value is -2.44. The molecule has 1 saturated carbocycles. The molecule has 0 radical (unpaired) electrons. The normalized spacial score (nSPS) is 15.1. The lowest BCUT2D eigenvalue weighted by Gasteiger charge is -2.24. The van der Waals surface area contributed by atoms with Crippen LogP contribution in [0, 0.1) is 17.1 Å². The Balaban J connectivity index is 2.07. The van der Waals surface area contributed by atoms with Gasteiger partial charge in [0.25, 0.3) is 0 Å². The highest BCUT2D eigenvalue weighted by Gasteiger charge is 2.25. The molecule has 1 aromatic heterocycles. The minimum Gasteiger partial charge on any atom is -0.251 e. The van der Waals surface area contributed by atoms with Crippen molar-refractivity contribution in [3.05, 3.63) is 64.6 Å². The summed E-state index contributed by atoms with van der Waals surface area (Å²) in [5, 5.41) is 10.7. The van der Waals surface area contributed by atoms with Gasteiger partial charge >= 0.3 is 0 Å². The van der Waals surface area contributed by atoms with Gasteiger partial charge in [-0.05, 0) is 24.5 Å². The van der Waals surface area contributed by atoms with Crippen molar-refractivity contribution in [2.24, 2.45) is 0 Å². The highest BCUT2D eigenvalue weighted by Crippen LogP contribution is 2.40. The molecule has 4 rings (SSSR count). The number of hydrogen-bond acceptors (Lipinski definition) is 2. The van der Waals surface area contributed by atoms with Gasteiger partial charge in [0.15, 0.2) is 0 Å². The summed E-state index contributed by atoms with van der Waals surface area (Å²) in [5.74, 6) is -0.228. The number of benzene rings is 2. The molecule has 0 N–H and O–H groups in total. The molecular weight excluding hydrogens is 347 g/mol. The summed E-state index contributed by atoms with van der Waals surface area (Å²) in [4.78, 5) is 4.74. The SMILES string of the molecule is N#Cc1c(C2CCCCC2)nc2cc(F)c(Cl)cc2c1-c1ccccc1. The van der Waals surface area contributed by atoms with E-state index in [0.29, 0.717) is 11.1 Å². The average Bonchev–Trinajstić information content (AvgIpc) is 2.69. The van der Waals surface area contributed by atoms with Crippen LogP contribution in [0.25, 0.3) is 22.0 Å². The zero-order chi connectivity index (χ0) is 18.1. The molecule has 1 aliphatic rings. The van der Waals surface area contributed by atoms with Crippen molar-refractivity contribution in [1.82, 2.24) is 4.98 Å². The predicted molar refractivity (Wildman–Crippen MR) is 103 cm³/mol. The quantitative estimate of drug-likeness (QED) is 0.512. The van der Waals surface area contributed by atoms with Crippen LogP contribution in [0.4, 0.5) is 4.39 Å². The number of nitriles is 1. The van der Waals surface area contributed by atoms with Gasteiger partial charge in [-0.15, -0.1) is 0 Å². The van der Waals surface area contributed by atoms with Crippen LogP contribution in [0.1, 0.15) is 49.3 Å². The first kappa shape index (κ1) is 17.0. The number of halogens is 2. The van der Waals surface area contributed by atoms with E-state index in [1.54, 1.807) is 6.07 Å². The van der Waals surface area contributed by atoms with Crippen molar-refractivity contribution in [3.63, 3.8) is 0 Å². The molecule has 2 nitrogen and oxygen atoms in total. The predicted octanol–water partition coefficient (Wildman–Crippen LogP) is 6.61. The summed E-state index contributed by atoms with van der Waals surface area (Å²) in [6.07, 6.45) is 5.56. The first-order chi connectivity index (χ1) is 12.7. The molecule has 130 valence electrons. The van der Waals surface area contributed by atoms with Crippen LogP contribution in [0.3, 0.4) is 0 Å². The highest BCUT2D eigenvalue weighted by atomic mass is 35.5. The number of pyridine rings is 1. The topological polar surface area (TPSA) is 36.7 Å². The fourth-order valence-corrected chi connectivity index (χ4v) is 4.13. The van der Waals surface area contributed by atoms with E-state index >= 15 is 0 Å². The molecule has 0 aliphatic heterocycles. The second-order valence-electron chi connectivity index (χ2n) is 6.84. The van der Waals surface area contributed by atoms with E-state index in [4.69, 9.17) is 16.6 Å². The van der Waals surface area contributed by atoms with Gasteiger partial charge in [0.1, 0.15) is 11.9 Å². The molecule has 1 aliphatic carbocycles. The maximum absolute atomic E-state index is 14.1. The molecule has 0 saturated heterocycles. The number of rotatable bonds is 2. The van der Waals surface area contributed by atoms with E-state index in [-0.39, 0.29) is 10.9 Å². The third kappa shape index (κ3) is 2.95. The van der Waals surface area contributed by atoms with Crippen molar-refractivity contribution in [1.29, 1.82) is 5.26 Å². The summed E-state index contributed by atoms with van der Waals surface area (Å²) < 4.78 is 14.1. The van der Waals surface area contributed by atoms with Crippen LogP contribution in [-0.4, -0.2) is 4.98 Å². The van der Waals surface area contributed by atoms with Gasteiger partial charge in [-0.3, -0.25) is 4.98 Å². The molecule has 4 heteroatoms. The van der Waals surface area contributed by atoms with Gasteiger partial charge in [-0.1, -0.05) is 61.2 Å². The third-order valence-electron chi connectivity index (χ3n) is 5.22. The number of aromatic nitrogens is 1. The maximum atomic E-state index is 14.1. The zero-order valence-corrected chi connectivity index (χ0v) is 15.1. The summed E-state index contributed by atoms with van der Waals surface area (Å²) in [5.41, 5.74) is 3.70. The van der Waals surface area contributed by atoms with E-state index in [1.165, 1.54) is 12.5 Å². The van der Waals surface area contributed by atoms with E-state index in [1.807, 2.05) is 30.3 Å². The zero-order valence-electron chi connectivity index (χ0n) is 14.3. The van der Waals surface area contributed by atoms with Crippen molar-refractivity contribution >= 4 is 22.5 Å². The van der Waals surface area contributed by atoms with Crippen molar-refractivity contribution in [3.8, 4) is 17.2 Å². The van der Waals surface area contributed by atoms with Crippen LogP contribution < -0.4 is 0 Å². The Kier molecular flexibility index (Phi) is 4.61. The Morgan fingerprint density at radius 2 is 1.81 bits per heavy atom. The van der Waals surface area contributed by atoms with E-state index in [9.17, 15) is 9.65 Å². The number of fused-ring (bicyclic) bond motifs is 1. The van der Waals surface area contributed by atoms with E-state index < -0.39 is 5.82 Å². The third-order valence-corrected chi connectivity index (χ3v) is 5.51. The lowest BCUT2D eigenvalue weighted by Crippen LogP contribution is -2.10. The number of nitrogens with zero attached hydrogens (tertiary/aromatic N) is 2. The monoisotopic (exact) mass is 364 g/mol. The molecule has 0 spiro atoms. The second kappa shape index (κ2) is 7.05. The second-order valence-corrected chi connectivity index (χ2v) is 7.25. The summed E-state index contributed by atoms with van der Waals surface area (Å²) in [6, 6.07) is 15.1. The van der Waals surface area contributed by atoms with Crippen molar-refractivity contribution < 1.29 is 4.39 Å². The van der Waals surface area contributed by atoms with Gasteiger partial charge in [-0.25, -0.2) is 4.39 Å². The Labute approximate surface area is 157 Å². The average molecular weight is 365 g/mol. The standard InChI is InChI=1S/C22H18ClFN2/c23-18-11-16-20(12-19(18)24)26-22(15-9-5-2-6-10-15)17(13-25)21(16)14-7-3-1-4-8-14/h1,3-4,7-8,11-12,15H,2,5-6,9-10H2.